The van der Waals surface area contributed by atoms with Gasteiger partial charge in [-0.15, -0.1) is 11.3 Å². The van der Waals surface area contributed by atoms with Crippen LogP contribution in [0.1, 0.15) is 34.1 Å². The minimum atomic E-state index is -0.629. The summed E-state index contributed by atoms with van der Waals surface area (Å²) < 4.78 is 18.8. The molecule has 1 heterocycles. The maximum atomic E-state index is 13.6. The van der Waals surface area contributed by atoms with E-state index in [1.54, 1.807) is 12.3 Å². The van der Waals surface area contributed by atoms with Gasteiger partial charge in [0.25, 0.3) is 0 Å². The smallest absolute Gasteiger partial charge is 0.338 e. The van der Waals surface area contributed by atoms with E-state index in [2.05, 4.69) is 4.98 Å². The monoisotopic (exact) mass is 398 g/mol. The Hall–Kier alpha value is -3.06. The minimum absolute atomic E-state index is 0.0651. The number of anilines is 2. The SMILES string of the molecule is CC(=O)N(c1cccc(C)c1)c1nc(COC(=O)c2ccc(C)c(F)c2)cs1. The molecule has 0 aliphatic carbocycles. The molecule has 0 aliphatic heterocycles. The Bertz CT molecular complexity index is 1030. The largest absolute Gasteiger partial charge is 0.456 e. The molecule has 1 amide bonds. The topological polar surface area (TPSA) is 59.5 Å². The quantitative estimate of drug-likeness (QED) is 0.571. The fourth-order valence-electron chi connectivity index (χ4n) is 2.60. The summed E-state index contributed by atoms with van der Waals surface area (Å²) in [5.41, 5.74) is 2.87. The van der Waals surface area contributed by atoms with Crippen LogP contribution in [0.4, 0.5) is 15.2 Å². The molecule has 0 N–H and O–H groups in total. The van der Waals surface area contributed by atoms with Crippen LogP contribution in [0.15, 0.2) is 47.8 Å². The highest BCUT2D eigenvalue weighted by molar-refractivity contribution is 7.14. The lowest BCUT2D eigenvalue weighted by Crippen LogP contribution is -2.22. The van der Waals surface area contributed by atoms with Gasteiger partial charge in [-0.1, -0.05) is 18.2 Å². The molecule has 0 atom stereocenters. The number of thiazole rings is 1. The lowest BCUT2D eigenvalue weighted by molar-refractivity contribution is -0.115. The molecule has 0 saturated heterocycles. The van der Waals surface area contributed by atoms with E-state index in [-0.39, 0.29) is 18.1 Å². The highest BCUT2D eigenvalue weighted by atomic mass is 32.1. The molecule has 0 spiro atoms. The number of halogens is 1. The molecule has 0 unspecified atom stereocenters. The van der Waals surface area contributed by atoms with Crippen molar-refractivity contribution in [1.29, 1.82) is 0 Å². The van der Waals surface area contributed by atoms with Gasteiger partial charge in [0.15, 0.2) is 5.13 Å². The second-order valence-corrected chi connectivity index (χ2v) is 7.19. The molecule has 5 nitrogen and oxygen atoms in total. The second kappa shape index (κ2) is 8.31. The van der Waals surface area contributed by atoms with Crippen molar-refractivity contribution in [3.8, 4) is 0 Å². The fourth-order valence-corrected chi connectivity index (χ4v) is 3.47. The predicted octanol–water partition coefficient (Wildman–Crippen LogP) is 4.94. The number of carbonyl (C=O) groups excluding carboxylic acids is 2. The number of rotatable bonds is 5. The van der Waals surface area contributed by atoms with Gasteiger partial charge in [-0.2, -0.15) is 0 Å². The summed E-state index contributed by atoms with van der Waals surface area (Å²) in [5.74, 6) is -1.25. The van der Waals surface area contributed by atoms with Gasteiger partial charge in [-0.25, -0.2) is 14.2 Å². The average Bonchev–Trinajstić information content (AvgIpc) is 3.10. The Morgan fingerprint density at radius 3 is 2.64 bits per heavy atom. The Balaban J connectivity index is 1.73. The number of aryl methyl sites for hydroxylation is 2. The third kappa shape index (κ3) is 4.43. The van der Waals surface area contributed by atoms with Crippen molar-refractivity contribution in [3.05, 3.63) is 76.0 Å². The molecule has 3 aromatic rings. The zero-order chi connectivity index (χ0) is 20.3. The molecule has 0 saturated carbocycles. The number of nitrogens with zero attached hydrogens (tertiary/aromatic N) is 2. The van der Waals surface area contributed by atoms with Crippen LogP contribution in [-0.2, 0) is 16.1 Å². The highest BCUT2D eigenvalue weighted by Crippen LogP contribution is 2.29. The molecular formula is C21H19FN2O3S. The van der Waals surface area contributed by atoms with Crippen LogP contribution in [0.25, 0.3) is 0 Å². The fraction of sp³-hybridized carbons (Fsp3) is 0.190. The molecule has 0 aliphatic rings. The number of ether oxygens (including phenoxy) is 1. The number of carbonyl (C=O) groups is 2. The molecule has 7 heteroatoms. The van der Waals surface area contributed by atoms with Gasteiger partial charge >= 0.3 is 5.97 Å². The number of hydrogen-bond acceptors (Lipinski definition) is 5. The van der Waals surface area contributed by atoms with Crippen LogP contribution in [-0.4, -0.2) is 16.9 Å². The Kier molecular flexibility index (Phi) is 5.84. The molecule has 0 bridgehead atoms. The summed E-state index contributed by atoms with van der Waals surface area (Å²) in [5, 5.41) is 2.22. The van der Waals surface area contributed by atoms with Gasteiger partial charge in [0.05, 0.1) is 16.9 Å². The summed E-state index contributed by atoms with van der Waals surface area (Å²) in [6.45, 7) is 4.97. The number of aromatic nitrogens is 1. The maximum absolute atomic E-state index is 13.6. The van der Waals surface area contributed by atoms with E-state index in [1.165, 1.54) is 35.3 Å². The lowest BCUT2D eigenvalue weighted by Gasteiger charge is -2.18. The van der Waals surface area contributed by atoms with Crippen molar-refractivity contribution < 1.29 is 18.7 Å². The summed E-state index contributed by atoms with van der Waals surface area (Å²) >= 11 is 1.28. The number of benzene rings is 2. The van der Waals surface area contributed by atoms with Gasteiger partial charge in [0.2, 0.25) is 5.91 Å². The number of hydrogen-bond donors (Lipinski definition) is 0. The summed E-state index contributed by atoms with van der Waals surface area (Å²) in [6.07, 6.45) is 0. The molecular weight excluding hydrogens is 379 g/mol. The first-order valence-electron chi connectivity index (χ1n) is 8.60. The zero-order valence-corrected chi connectivity index (χ0v) is 16.5. The van der Waals surface area contributed by atoms with Crippen LogP contribution in [0.5, 0.6) is 0 Å². The van der Waals surface area contributed by atoms with E-state index >= 15 is 0 Å². The Labute approximate surface area is 166 Å². The van der Waals surface area contributed by atoms with Crippen LogP contribution in [0, 0.1) is 19.7 Å². The summed E-state index contributed by atoms with van der Waals surface area (Å²) in [4.78, 5) is 30.2. The van der Waals surface area contributed by atoms with Gasteiger partial charge in [-0.05, 0) is 49.2 Å². The first-order valence-corrected chi connectivity index (χ1v) is 9.48. The first-order chi connectivity index (χ1) is 13.3. The number of esters is 1. The normalized spacial score (nSPS) is 10.6. The van der Waals surface area contributed by atoms with Crippen LogP contribution >= 0.6 is 11.3 Å². The van der Waals surface area contributed by atoms with Crippen molar-refractivity contribution in [2.24, 2.45) is 0 Å². The average molecular weight is 398 g/mol. The molecule has 28 heavy (non-hydrogen) atoms. The predicted molar refractivity (Wildman–Crippen MR) is 106 cm³/mol. The van der Waals surface area contributed by atoms with Gasteiger partial charge in [0, 0.05) is 12.3 Å². The third-order valence-electron chi connectivity index (χ3n) is 4.06. The van der Waals surface area contributed by atoms with E-state index in [1.807, 2.05) is 31.2 Å². The van der Waals surface area contributed by atoms with E-state index in [0.717, 1.165) is 17.3 Å². The van der Waals surface area contributed by atoms with Gasteiger partial charge in [0.1, 0.15) is 12.4 Å². The van der Waals surface area contributed by atoms with Crippen molar-refractivity contribution in [3.63, 3.8) is 0 Å². The van der Waals surface area contributed by atoms with Gasteiger partial charge < -0.3 is 4.74 Å². The number of amides is 1. The Morgan fingerprint density at radius 2 is 1.96 bits per heavy atom. The molecule has 0 fully saturated rings. The standard InChI is InChI=1S/C21H19FN2O3S/c1-13-5-4-6-18(9-13)24(15(3)25)21-23-17(12-28-21)11-27-20(26)16-8-7-14(2)19(22)10-16/h4-10,12H,11H2,1-3H3. The van der Waals surface area contributed by atoms with E-state index < -0.39 is 11.8 Å². The first kappa shape index (κ1) is 19.7. The highest BCUT2D eigenvalue weighted by Gasteiger charge is 2.19. The Morgan fingerprint density at radius 1 is 1.18 bits per heavy atom. The van der Waals surface area contributed by atoms with E-state index in [4.69, 9.17) is 4.74 Å². The van der Waals surface area contributed by atoms with E-state index in [0.29, 0.717) is 16.4 Å². The van der Waals surface area contributed by atoms with Gasteiger partial charge in [-0.3, -0.25) is 9.69 Å². The van der Waals surface area contributed by atoms with Crippen molar-refractivity contribution in [2.75, 3.05) is 4.90 Å². The van der Waals surface area contributed by atoms with Crippen LogP contribution < -0.4 is 4.90 Å². The maximum Gasteiger partial charge on any atom is 0.338 e. The van der Waals surface area contributed by atoms with Crippen molar-refractivity contribution in [2.45, 2.75) is 27.4 Å². The van der Waals surface area contributed by atoms with E-state index in [9.17, 15) is 14.0 Å². The summed E-state index contributed by atoms with van der Waals surface area (Å²) in [7, 11) is 0. The molecule has 2 aromatic carbocycles. The van der Waals surface area contributed by atoms with Crippen LogP contribution in [0.2, 0.25) is 0 Å². The molecule has 3 rings (SSSR count). The molecule has 1 aromatic heterocycles. The van der Waals surface area contributed by atoms with Crippen molar-refractivity contribution >= 4 is 34.0 Å². The van der Waals surface area contributed by atoms with Crippen molar-refractivity contribution in [1.82, 2.24) is 4.98 Å². The zero-order valence-electron chi connectivity index (χ0n) is 15.7. The summed E-state index contributed by atoms with van der Waals surface area (Å²) in [6, 6.07) is 11.7. The third-order valence-corrected chi connectivity index (χ3v) is 4.94. The molecule has 0 radical (unpaired) electrons. The van der Waals surface area contributed by atoms with Crippen LogP contribution in [0.3, 0.4) is 0 Å². The molecule has 144 valence electrons. The minimum Gasteiger partial charge on any atom is -0.456 e. The lowest BCUT2D eigenvalue weighted by atomic mass is 10.1. The second-order valence-electron chi connectivity index (χ2n) is 6.35.